The van der Waals surface area contributed by atoms with Crippen LogP contribution < -0.4 is 11.1 Å². The van der Waals surface area contributed by atoms with Gasteiger partial charge in [-0.05, 0) is 35.4 Å². The summed E-state index contributed by atoms with van der Waals surface area (Å²) in [4.78, 5) is 12.0. The Bertz CT molecular complexity index is 627. The molecule has 3 rings (SSSR count). The molecule has 2 aromatic rings. The predicted octanol–water partition coefficient (Wildman–Crippen LogP) is 2.88. The molecule has 1 aliphatic carbocycles. The van der Waals surface area contributed by atoms with Gasteiger partial charge in [-0.25, -0.2) is 0 Å². The summed E-state index contributed by atoms with van der Waals surface area (Å²) in [5.41, 5.74) is 8.24. The number of rotatable bonds is 3. The smallest absolute Gasteiger partial charge is 0.243 e. The second-order valence-electron chi connectivity index (χ2n) is 5.20. The molecule has 0 heterocycles. The molecule has 102 valence electrons. The van der Waals surface area contributed by atoms with Crippen molar-refractivity contribution in [3.05, 3.63) is 64.1 Å². The summed E-state index contributed by atoms with van der Waals surface area (Å²) in [5.74, 6) is -0.309. The molecule has 1 aliphatic rings. The molecule has 4 heteroatoms. The van der Waals surface area contributed by atoms with Crippen LogP contribution in [0.2, 0.25) is 0 Å². The number of halogens is 1. The molecule has 0 spiro atoms. The van der Waals surface area contributed by atoms with E-state index in [2.05, 4.69) is 33.4 Å². The molecule has 0 radical (unpaired) electrons. The number of amides is 1. The molecule has 20 heavy (non-hydrogen) atoms. The van der Waals surface area contributed by atoms with Crippen LogP contribution in [0.1, 0.15) is 11.1 Å². The van der Waals surface area contributed by atoms with E-state index in [1.54, 1.807) is 0 Å². The Balaban J connectivity index is 1.92. The lowest BCUT2D eigenvalue weighted by molar-refractivity contribution is -0.122. The van der Waals surface area contributed by atoms with Crippen molar-refractivity contribution < 1.29 is 4.79 Å². The van der Waals surface area contributed by atoms with Gasteiger partial charge in [0.25, 0.3) is 0 Å². The number of anilines is 1. The summed E-state index contributed by atoms with van der Waals surface area (Å²) in [5, 5.41) is 3.33. The van der Waals surface area contributed by atoms with Gasteiger partial charge in [-0.3, -0.25) is 4.79 Å². The van der Waals surface area contributed by atoms with Gasteiger partial charge in [0.05, 0.1) is 0 Å². The number of nitrogens with two attached hydrogens (primary N) is 1. The van der Waals surface area contributed by atoms with Crippen LogP contribution in [0.3, 0.4) is 0 Å². The molecule has 0 aromatic heterocycles. The summed E-state index contributed by atoms with van der Waals surface area (Å²) in [6.07, 6.45) is 1.27. The fourth-order valence-corrected chi connectivity index (χ4v) is 3.01. The first kappa shape index (κ1) is 13.2. The number of hydrogen-bond acceptors (Lipinski definition) is 2. The van der Waals surface area contributed by atoms with E-state index in [1.165, 1.54) is 11.1 Å². The SMILES string of the molecule is NC(=O)C1(Nc2ccc(Br)cc2)Cc2ccccc2C1. The minimum absolute atomic E-state index is 0.309. The Morgan fingerprint density at radius 1 is 1.05 bits per heavy atom. The lowest BCUT2D eigenvalue weighted by Gasteiger charge is -2.28. The number of primary amides is 1. The highest BCUT2D eigenvalue weighted by Crippen LogP contribution is 2.33. The fourth-order valence-electron chi connectivity index (χ4n) is 2.75. The highest BCUT2D eigenvalue weighted by Gasteiger charge is 2.42. The third-order valence-corrected chi connectivity index (χ3v) is 4.33. The maximum absolute atomic E-state index is 12.0. The van der Waals surface area contributed by atoms with Crippen molar-refractivity contribution in [2.24, 2.45) is 5.73 Å². The maximum atomic E-state index is 12.0. The first-order valence-electron chi connectivity index (χ1n) is 6.49. The number of benzene rings is 2. The number of carbonyl (C=O) groups is 1. The van der Waals surface area contributed by atoms with E-state index in [0.29, 0.717) is 12.8 Å². The van der Waals surface area contributed by atoms with Gasteiger partial charge in [0.2, 0.25) is 5.91 Å². The lowest BCUT2D eigenvalue weighted by Crippen LogP contribution is -2.51. The third-order valence-electron chi connectivity index (χ3n) is 3.80. The monoisotopic (exact) mass is 330 g/mol. The van der Waals surface area contributed by atoms with E-state index < -0.39 is 5.54 Å². The first-order valence-corrected chi connectivity index (χ1v) is 7.29. The van der Waals surface area contributed by atoms with Crippen LogP contribution in [0.5, 0.6) is 0 Å². The molecule has 3 nitrogen and oxygen atoms in total. The van der Waals surface area contributed by atoms with Gasteiger partial charge < -0.3 is 11.1 Å². The summed E-state index contributed by atoms with van der Waals surface area (Å²) in [6, 6.07) is 15.9. The van der Waals surface area contributed by atoms with Crippen molar-refractivity contribution in [2.45, 2.75) is 18.4 Å². The molecule has 2 aromatic carbocycles. The molecule has 0 unspecified atom stereocenters. The third kappa shape index (κ3) is 2.31. The zero-order chi connectivity index (χ0) is 14.2. The summed E-state index contributed by atoms with van der Waals surface area (Å²) >= 11 is 3.40. The molecule has 1 amide bonds. The fraction of sp³-hybridized carbons (Fsp3) is 0.188. The van der Waals surface area contributed by atoms with Crippen LogP contribution in [-0.2, 0) is 17.6 Å². The normalized spacial score (nSPS) is 15.7. The molecule has 3 N–H and O–H groups in total. The standard InChI is InChI=1S/C16H15BrN2O/c17-13-5-7-14(8-6-13)19-16(15(18)20)9-11-3-1-2-4-12(11)10-16/h1-8,19H,9-10H2,(H2,18,20). The second kappa shape index (κ2) is 4.94. The number of nitrogens with one attached hydrogen (secondary N) is 1. The topological polar surface area (TPSA) is 55.1 Å². The zero-order valence-corrected chi connectivity index (χ0v) is 12.5. The molecule has 0 saturated carbocycles. The van der Waals surface area contributed by atoms with Crippen LogP contribution in [0, 0.1) is 0 Å². The molecule has 0 aliphatic heterocycles. The van der Waals surface area contributed by atoms with Gasteiger partial charge in [-0.1, -0.05) is 40.2 Å². The van der Waals surface area contributed by atoms with E-state index in [-0.39, 0.29) is 5.91 Å². The van der Waals surface area contributed by atoms with Crippen molar-refractivity contribution in [1.82, 2.24) is 0 Å². The van der Waals surface area contributed by atoms with Gasteiger partial charge in [0.1, 0.15) is 5.54 Å². The zero-order valence-electron chi connectivity index (χ0n) is 10.9. The first-order chi connectivity index (χ1) is 9.59. The average Bonchev–Trinajstić information content (AvgIpc) is 2.81. The largest absolute Gasteiger partial charge is 0.371 e. The van der Waals surface area contributed by atoms with Crippen LogP contribution >= 0.6 is 15.9 Å². The van der Waals surface area contributed by atoms with E-state index >= 15 is 0 Å². The molecular weight excluding hydrogens is 316 g/mol. The van der Waals surface area contributed by atoms with Crippen LogP contribution in [0.4, 0.5) is 5.69 Å². The highest BCUT2D eigenvalue weighted by molar-refractivity contribution is 9.10. The van der Waals surface area contributed by atoms with E-state index in [4.69, 9.17) is 5.73 Å². The van der Waals surface area contributed by atoms with Crippen LogP contribution in [-0.4, -0.2) is 11.4 Å². The minimum atomic E-state index is -0.725. The van der Waals surface area contributed by atoms with Gasteiger partial charge in [0.15, 0.2) is 0 Å². The Labute approximate surface area is 126 Å². The summed E-state index contributed by atoms with van der Waals surface area (Å²) in [7, 11) is 0. The number of hydrogen-bond donors (Lipinski definition) is 2. The summed E-state index contributed by atoms with van der Waals surface area (Å²) < 4.78 is 1.01. The Hall–Kier alpha value is -1.81. The Morgan fingerprint density at radius 2 is 1.60 bits per heavy atom. The number of fused-ring (bicyclic) bond motifs is 1. The van der Waals surface area contributed by atoms with E-state index in [9.17, 15) is 4.79 Å². The lowest BCUT2D eigenvalue weighted by atomic mass is 9.94. The van der Waals surface area contributed by atoms with Crippen molar-refractivity contribution in [3.63, 3.8) is 0 Å². The van der Waals surface area contributed by atoms with Crippen molar-refractivity contribution in [2.75, 3.05) is 5.32 Å². The second-order valence-corrected chi connectivity index (χ2v) is 6.12. The average molecular weight is 331 g/mol. The number of carbonyl (C=O) groups excluding carboxylic acids is 1. The minimum Gasteiger partial charge on any atom is -0.371 e. The van der Waals surface area contributed by atoms with Gasteiger partial charge in [-0.15, -0.1) is 0 Å². The van der Waals surface area contributed by atoms with E-state index in [0.717, 1.165) is 10.2 Å². The molecule has 0 bridgehead atoms. The quantitative estimate of drug-likeness (QED) is 0.909. The van der Waals surface area contributed by atoms with Crippen LogP contribution in [0.25, 0.3) is 0 Å². The van der Waals surface area contributed by atoms with E-state index in [1.807, 2.05) is 36.4 Å². The van der Waals surface area contributed by atoms with Gasteiger partial charge in [-0.2, -0.15) is 0 Å². The van der Waals surface area contributed by atoms with Crippen LogP contribution in [0.15, 0.2) is 53.0 Å². The Morgan fingerprint density at radius 3 is 2.10 bits per heavy atom. The van der Waals surface area contributed by atoms with Crippen molar-refractivity contribution >= 4 is 27.5 Å². The summed E-state index contributed by atoms with van der Waals surface area (Å²) in [6.45, 7) is 0. The molecular formula is C16H15BrN2O. The van der Waals surface area contributed by atoms with Gasteiger partial charge in [0, 0.05) is 23.0 Å². The Kier molecular flexibility index (Phi) is 3.26. The molecule has 0 atom stereocenters. The molecule has 0 fully saturated rings. The van der Waals surface area contributed by atoms with Gasteiger partial charge >= 0.3 is 0 Å². The van der Waals surface area contributed by atoms with Crippen molar-refractivity contribution in [3.8, 4) is 0 Å². The highest BCUT2D eigenvalue weighted by atomic mass is 79.9. The van der Waals surface area contributed by atoms with Crippen molar-refractivity contribution in [1.29, 1.82) is 0 Å². The predicted molar refractivity (Wildman–Crippen MR) is 83.5 cm³/mol. The maximum Gasteiger partial charge on any atom is 0.243 e. The molecule has 0 saturated heterocycles.